The Morgan fingerprint density at radius 3 is 2.95 bits per heavy atom. The highest BCUT2D eigenvalue weighted by molar-refractivity contribution is 7.16. The van der Waals surface area contributed by atoms with Crippen molar-refractivity contribution in [2.75, 3.05) is 6.61 Å². The molecule has 1 aromatic heterocycles. The van der Waals surface area contributed by atoms with Gasteiger partial charge in [0, 0.05) is 11.1 Å². The Balaban J connectivity index is 2.27. The number of esters is 1. The molecule has 2 aromatic rings. The molecule has 0 N–H and O–H groups in total. The average molecular weight is 283 g/mol. The second-order valence-electron chi connectivity index (χ2n) is 3.68. The molecule has 2 rings (SSSR count). The number of halogens is 2. The first-order chi connectivity index (χ1) is 9.11. The molecule has 0 fully saturated rings. The fourth-order valence-electron chi connectivity index (χ4n) is 1.51. The summed E-state index contributed by atoms with van der Waals surface area (Å²) in [6.45, 7) is 2.00. The van der Waals surface area contributed by atoms with Crippen molar-refractivity contribution in [1.29, 1.82) is 0 Å². The fraction of sp³-hybridized carbons (Fsp3) is 0.231. The van der Waals surface area contributed by atoms with E-state index < -0.39 is 12.4 Å². The highest BCUT2D eigenvalue weighted by Gasteiger charge is 2.14. The molecule has 0 atom stereocenters. The number of ether oxygens (including phenoxy) is 1. The Kier molecular flexibility index (Phi) is 4.21. The van der Waals surface area contributed by atoms with Crippen LogP contribution in [0.4, 0.5) is 8.78 Å². The number of benzene rings is 1. The number of alkyl halides is 2. The molecular formula is C13H11F2NO2S. The summed E-state index contributed by atoms with van der Waals surface area (Å²) in [4.78, 5) is 15.9. The van der Waals surface area contributed by atoms with Gasteiger partial charge in [0.15, 0.2) is 0 Å². The Bertz CT molecular complexity index is 584. The second-order valence-corrected chi connectivity index (χ2v) is 4.71. The number of carbonyl (C=O) groups excluding carboxylic acids is 1. The molecule has 100 valence electrons. The van der Waals surface area contributed by atoms with Gasteiger partial charge in [0.1, 0.15) is 9.88 Å². The smallest absolute Gasteiger partial charge is 0.349 e. The van der Waals surface area contributed by atoms with E-state index in [1.54, 1.807) is 19.1 Å². The lowest BCUT2D eigenvalue weighted by atomic mass is 10.1. The molecule has 0 spiro atoms. The Morgan fingerprint density at radius 2 is 2.26 bits per heavy atom. The summed E-state index contributed by atoms with van der Waals surface area (Å²) in [5, 5.41) is 0.519. The number of carbonyl (C=O) groups is 1. The molecule has 0 unspecified atom stereocenters. The van der Waals surface area contributed by atoms with Crippen molar-refractivity contribution in [2.45, 2.75) is 13.3 Å². The van der Waals surface area contributed by atoms with Gasteiger partial charge in [0.2, 0.25) is 0 Å². The van der Waals surface area contributed by atoms with Crippen LogP contribution in [0, 0.1) is 0 Å². The van der Waals surface area contributed by atoms with Gasteiger partial charge in [-0.3, -0.25) is 0 Å². The van der Waals surface area contributed by atoms with Crippen molar-refractivity contribution in [3.05, 3.63) is 40.9 Å². The molecule has 0 amide bonds. The molecule has 6 heteroatoms. The molecule has 19 heavy (non-hydrogen) atoms. The maximum absolute atomic E-state index is 12.6. The van der Waals surface area contributed by atoms with Crippen LogP contribution in [0.1, 0.15) is 28.6 Å². The summed E-state index contributed by atoms with van der Waals surface area (Å²) in [5.41, 5.74) is 0.503. The number of hydrogen-bond acceptors (Lipinski definition) is 4. The monoisotopic (exact) mass is 283 g/mol. The molecule has 0 aliphatic rings. The van der Waals surface area contributed by atoms with Crippen molar-refractivity contribution in [1.82, 2.24) is 4.98 Å². The van der Waals surface area contributed by atoms with E-state index in [0.29, 0.717) is 15.4 Å². The lowest BCUT2D eigenvalue weighted by Gasteiger charge is -2.01. The van der Waals surface area contributed by atoms with E-state index in [-0.39, 0.29) is 12.2 Å². The lowest BCUT2D eigenvalue weighted by molar-refractivity contribution is 0.0532. The first-order valence-electron chi connectivity index (χ1n) is 5.63. The van der Waals surface area contributed by atoms with E-state index in [4.69, 9.17) is 4.74 Å². The van der Waals surface area contributed by atoms with Crippen LogP contribution in [0.3, 0.4) is 0 Å². The quantitative estimate of drug-likeness (QED) is 0.798. The molecule has 1 aromatic carbocycles. The fourth-order valence-corrected chi connectivity index (χ4v) is 2.32. The van der Waals surface area contributed by atoms with Crippen LogP contribution in [0.2, 0.25) is 0 Å². The number of aromatic nitrogens is 1. The van der Waals surface area contributed by atoms with Gasteiger partial charge in [0.25, 0.3) is 6.43 Å². The molecule has 0 aliphatic carbocycles. The molecular weight excluding hydrogens is 272 g/mol. The minimum Gasteiger partial charge on any atom is -0.462 e. The van der Waals surface area contributed by atoms with Crippen LogP contribution in [0.25, 0.3) is 10.6 Å². The summed E-state index contributed by atoms with van der Waals surface area (Å²) in [7, 11) is 0. The highest BCUT2D eigenvalue weighted by Crippen LogP contribution is 2.29. The standard InChI is InChI=1S/C13H11F2NO2S/c1-2-18-13(17)10-7-16-12(19-10)9-5-3-4-8(6-9)11(14)15/h3-7,11H,2H2,1H3. The summed E-state index contributed by atoms with van der Waals surface area (Å²) in [5.74, 6) is -0.448. The summed E-state index contributed by atoms with van der Waals surface area (Å²) in [6, 6.07) is 5.95. The van der Waals surface area contributed by atoms with Crippen LogP contribution in [-0.4, -0.2) is 17.6 Å². The summed E-state index contributed by atoms with van der Waals surface area (Å²) in [6.07, 6.45) is -1.13. The lowest BCUT2D eigenvalue weighted by Crippen LogP contribution is -2.01. The van der Waals surface area contributed by atoms with E-state index in [1.807, 2.05) is 0 Å². The maximum atomic E-state index is 12.6. The van der Waals surface area contributed by atoms with Crippen molar-refractivity contribution >= 4 is 17.3 Å². The third-order valence-corrected chi connectivity index (χ3v) is 3.39. The van der Waals surface area contributed by atoms with Gasteiger partial charge in [-0.05, 0) is 13.0 Å². The van der Waals surface area contributed by atoms with E-state index in [0.717, 1.165) is 11.3 Å². The van der Waals surface area contributed by atoms with Crippen molar-refractivity contribution in [3.8, 4) is 10.6 Å². The zero-order chi connectivity index (χ0) is 13.8. The molecule has 1 heterocycles. The second kappa shape index (κ2) is 5.88. The number of nitrogens with zero attached hydrogens (tertiary/aromatic N) is 1. The number of rotatable bonds is 4. The van der Waals surface area contributed by atoms with Crippen LogP contribution in [-0.2, 0) is 4.74 Å². The van der Waals surface area contributed by atoms with E-state index in [2.05, 4.69) is 4.98 Å². The van der Waals surface area contributed by atoms with E-state index >= 15 is 0 Å². The zero-order valence-corrected chi connectivity index (χ0v) is 10.9. The van der Waals surface area contributed by atoms with Gasteiger partial charge in [-0.1, -0.05) is 18.2 Å². The van der Waals surface area contributed by atoms with Crippen molar-refractivity contribution < 1.29 is 18.3 Å². The van der Waals surface area contributed by atoms with Crippen LogP contribution in [0.5, 0.6) is 0 Å². The van der Waals surface area contributed by atoms with E-state index in [9.17, 15) is 13.6 Å². The highest BCUT2D eigenvalue weighted by atomic mass is 32.1. The minimum atomic E-state index is -2.52. The molecule has 0 saturated heterocycles. The van der Waals surface area contributed by atoms with Crippen LogP contribution >= 0.6 is 11.3 Å². The van der Waals surface area contributed by atoms with E-state index in [1.165, 1.54) is 18.3 Å². The molecule has 0 radical (unpaired) electrons. The van der Waals surface area contributed by atoms with Crippen LogP contribution < -0.4 is 0 Å². The van der Waals surface area contributed by atoms with Crippen molar-refractivity contribution in [3.63, 3.8) is 0 Å². The van der Waals surface area contributed by atoms with Gasteiger partial charge >= 0.3 is 5.97 Å². The van der Waals surface area contributed by atoms with Crippen LogP contribution in [0.15, 0.2) is 30.5 Å². The SMILES string of the molecule is CCOC(=O)c1cnc(-c2cccc(C(F)F)c2)s1. The molecule has 3 nitrogen and oxygen atoms in total. The first-order valence-corrected chi connectivity index (χ1v) is 6.45. The third kappa shape index (κ3) is 3.14. The summed E-state index contributed by atoms with van der Waals surface area (Å²) < 4.78 is 30.1. The van der Waals surface area contributed by atoms with Gasteiger partial charge < -0.3 is 4.74 Å². The Labute approximate surface area is 112 Å². The topological polar surface area (TPSA) is 39.2 Å². The average Bonchev–Trinajstić information content (AvgIpc) is 2.89. The predicted octanol–water partition coefficient (Wildman–Crippen LogP) is 3.92. The number of hydrogen-bond donors (Lipinski definition) is 0. The Hall–Kier alpha value is -1.82. The third-order valence-electron chi connectivity index (χ3n) is 2.37. The van der Waals surface area contributed by atoms with Gasteiger partial charge in [-0.2, -0.15) is 0 Å². The predicted molar refractivity (Wildman–Crippen MR) is 68.5 cm³/mol. The summed E-state index contributed by atoms with van der Waals surface area (Å²) >= 11 is 1.12. The normalized spacial score (nSPS) is 10.7. The Morgan fingerprint density at radius 1 is 1.47 bits per heavy atom. The molecule has 0 aliphatic heterocycles. The zero-order valence-electron chi connectivity index (χ0n) is 10.1. The number of thiazole rings is 1. The van der Waals surface area contributed by atoms with Crippen molar-refractivity contribution in [2.24, 2.45) is 0 Å². The maximum Gasteiger partial charge on any atom is 0.349 e. The molecule has 0 saturated carbocycles. The molecule has 0 bridgehead atoms. The first kappa shape index (κ1) is 13.6. The van der Waals surface area contributed by atoms with Gasteiger partial charge in [-0.25, -0.2) is 18.6 Å². The largest absolute Gasteiger partial charge is 0.462 e. The minimum absolute atomic E-state index is 0.0645. The van der Waals surface area contributed by atoms with Gasteiger partial charge in [-0.15, -0.1) is 11.3 Å². The van der Waals surface area contributed by atoms with Gasteiger partial charge in [0.05, 0.1) is 12.8 Å².